The third kappa shape index (κ3) is 5.13. The number of hydrogen-bond acceptors (Lipinski definition) is 3. The summed E-state index contributed by atoms with van der Waals surface area (Å²) in [6, 6.07) is 12.0. The van der Waals surface area contributed by atoms with E-state index in [1.807, 2.05) is 30.3 Å². The standard InChI is InChI=1S/C17H21ClN2OS/c1-3-20(11-15-8-9-16(18)22-15)12-17(21)19-10-14-7-5-4-6-13(14)2/h4-9H,3,10-12H2,1-2H3,(H,19,21). The van der Waals surface area contributed by atoms with Crippen molar-refractivity contribution in [1.82, 2.24) is 10.2 Å². The van der Waals surface area contributed by atoms with E-state index in [0.717, 1.165) is 23.0 Å². The summed E-state index contributed by atoms with van der Waals surface area (Å²) in [6.45, 7) is 6.68. The van der Waals surface area contributed by atoms with Crippen LogP contribution in [0.25, 0.3) is 0 Å². The number of nitrogens with one attached hydrogen (secondary N) is 1. The topological polar surface area (TPSA) is 32.3 Å². The van der Waals surface area contributed by atoms with Crippen LogP contribution in [0.15, 0.2) is 36.4 Å². The SMILES string of the molecule is CCN(CC(=O)NCc1ccccc1C)Cc1ccc(Cl)s1. The third-order valence-electron chi connectivity index (χ3n) is 3.56. The highest BCUT2D eigenvalue weighted by Crippen LogP contribution is 2.22. The molecule has 2 rings (SSSR count). The van der Waals surface area contributed by atoms with Gasteiger partial charge in [0.25, 0.3) is 0 Å². The Morgan fingerprint density at radius 2 is 2.05 bits per heavy atom. The molecular weight excluding hydrogens is 316 g/mol. The van der Waals surface area contributed by atoms with Gasteiger partial charge in [0.15, 0.2) is 0 Å². The van der Waals surface area contributed by atoms with E-state index in [9.17, 15) is 4.79 Å². The van der Waals surface area contributed by atoms with Gasteiger partial charge in [-0.2, -0.15) is 0 Å². The molecule has 0 aliphatic carbocycles. The Bertz CT molecular complexity index is 627. The van der Waals surface area contributed by atoms with Crippen LogP contribution < -0.4 is 5.32 Å². The lowest BCUT2D eigenvalue weighted by atomic mass is 10.1. The van der Waals surface area contributed by atoms with E-state index in [-0.39, 0.29) is 5.91 Å². The fourth-order valence-electron chi connectivity index (χ4n) is 2.20. The predicted octanol–water partition coefficient (Wildman–Crippen LogP) is 3.85. The zero-order valence-electron chi connectivity index (χ0n) is 12.9. The monoisotopic (exact) mass is 336 g/mol. The van der Waals surface area contributed by atoms with E-state index in [4.69, 9.17) is 11.6 Å². The molecule has 1 heterocycles. The molecule has 0 bridgehead atoms. The molecule has 0 saturated carbocycles. The molecule has 0 saturated heterocycles. The van der Waals surface area contributed by atoms with Gasteiger partial charge in [-0.05, 0) is 36.7 Å². The van der Waals surface area contributed by atoms with Crippen LogP contribution in [0.3, 0.4) is 0 Å². The van der Waals surface area contributed by atoms with E-state index >= 15 is 0 Å². The molecule has 1 aromatic heterocycles. The molecule has 0 unspecified atom stereocenters. The van der Waals surface area contributed by atoms with Crippen molar-refractivity contribution in [2.45, 2.75) is 26.9 Å². The number of benzene rings is 1. The maximum Gasteiger partial charge on any atom is 0.234 e. The van der Waals surface area contributed by atoms with Crippen LogP contribution in [-0.4, -0.2) is 23.9 Å². The number of nitrogens with zero attached hydrogens (tertiary/aromatic N) is 1. The zero-order chi connectivity index (χ0) is 15.9. The van der Waals surface area contributed by atoms with Crippen LogP contribution in [0.4, 0.5) is 0 Å². The lowest BCUT2D eigenvalue weighted by molar-refractivity contribution is -0.122. The molecule has 22 heavy (non-hydrogen) atoms. The van der Waals surface area contributed by atoms with Gasteiger partial charge >= 0.3 is 0 Å². The molecule has 0 aliphatic heterocycles. The van der Waals surface area contributed by atoms with Crippen molar-refractivity contribution in [2.75, 3.05) is 13.1 Å². The molecular formula is C17H21ClN2OS. The van der Waals surface area contributed by atoms with Crippen molar-refractivity contribution in [3.05, 3.63) is 56.7 Å². The van der Waals surface area contributed by atoms with Crippen molar-refractivity contribution < 1.29 is 4.79 Å². The van der Waals surface area contributed by atoms with Crippen LogP contribution in [0.2, 0.25) is 4.34 Å². The van der Waals surface area contributed by atoms with Gasteiger partial charge in [-0.1, -0.05) is 42.8 Å². The highest BCUT2D eigenvalue weighted by molar-refractivity contribution is 7.16. The van der Waals surface area contributed by atoms with Crippen LogP contribution in [0.5, 0.6) is 0 Å². The number of carbonyl (C=O) groups excluding carboxylic acids is 1. The van der Waals surface area contributed by atoms with Crippen LogP contribution in [0.1, 0.15) is 22.9 Å². The number of halogens is 1. The lowest BCUT2D eigenvalue weighted by Gasteiger charge is -2.19. The predicted molar refractivity (Wildman–Crippen MR) is 93.3 cm³/mol. The second-order valence-corrected chi connectivity index (χ2v) is 7.01. The number of hydrogen-bond donors (Lipinski definition) is 1. The lowest BCUT2D eigenvalue weighted by Crippen LogP contribution is -2.36. The van der Waals surface area contributed by atoms with Crippen LogP contribution in [-0.2, 0) is 17.9 Å². The zero-order valence-corrected chi connectivity index (χ0v) is 14.5. The highest BCUT2D eigenvalue weighted by Gasteiger charge is 2.11. The molecule has 3 nitrogen and oxygen atoms in total. The maximum atomic E-state index is 12.1. The van der Waals surface area contributed by atoms with Crippen LogP contribution >= 0.6 is 22.9 Å². The Kier molecular flexibility index (Phi) is 6.43. The molecule has 5 heteroatoms. The van der Waals surface area contributed by atoms with Gasteiger partial charge in [0.1, 0.15) is 0 Å². The van der Waals surface area contributed by atoms with Gasteiger partial charge in [0.2, 0.25) is 5.91 Å². The Hall–Kier alpha value is -1.36. The van der Waals surface area contributed by atoms with E-state index in [1.165, 1.54) is 10.4 Å². The van der Waals surface area contributed by atoms with E-state index in [2.05, 4.69) is 30.1 Å². The van der Waals surface area contributed by atoms with E-state index < -0.39 is 0 Å². The maximum absolute atomic E-state index is 12.1. The van der Waals surface area contributed by atoms with Gasteiger partial charge in [-0.3, -0.25) is 9.69 Å². The van der Waals surface area contributed by atoms with Crippen molar-refractivity contribution in [3.63, 3.8) is 0 Å². The average Bonchev–Trinajstić information content (AvgIpc) is 2.91. The summed E-state index contributed by atoms with van der Waals surface area (Å²) in [6.07, 6.45) is 0. The van der Waals surface area contributed by atoms with Gasteiger partial charge < -0.3 is 5.32 Å². The summed E-state index contributed by atoms with van der Waals surface area (Å²) in [5.74, 6) is 0.0488. The fraction of sp³-hybridized carbons (Fsp3) is 0.353. The molecule has 1 N–H and O–H groups in total. The molecule has 1 amide bonds. The van der Waals surface area contributed by atoms with Gasteiger partial charge in [0, 0.05) is 18.0 Å². The summed E-state index contributed by atoms with van der Waals surface area (Å²) in [7, 11) is 0. The third-order valence-corrected chi connectivity index (χ3v) is 4.78. The first kappa shape index (κ1) is 17.0. The summed E-state index contributed by atoms with van der Waals surface area (Å²) in [5.41, 5.74) is 2.35. The second-order valence-electron chi connectivity index (χ2n) is 5.21. The largest absolute Gasteiger partial charge is 0.351 e. The minimum atomic E-state index is 0.0488. The second kappa shape index (κ2) is 8.32. The Morgan fingerprint density at radius 1 is 1.27 bits per heavy atom. The summed E-state index contributed by atoms with van der Waals surface area (Å²) in [5, 5.41) is 2.99. The number of carbonyl (C=O) groups is 1. The molecule has 2 aromatic rings. The molecule has 118 valence electrons. The fourth-order valence-corrected chi connectivity index (χ4v) is 3.33. The Labute approximate surface area is 140 Å². The van der Waals surface area contributed by atoms with Gasteiger partial charge in [-0.25, -0.2) is 0 Å². The minimum absolute atomic E-state index is 0.0488. The normalized spacial score (nSPS) is 10.9. The van der Waals surface area contributed by atoms with E-state index in [1.54, 1.807) is 11.3 Å². The summed E-state index contributed by atoms with van der Waals surface area (Å²) < 4.78 is 0.787. The van der Waals surface area contributed by atoms with E-state index in [0.29, 0.717) is 13.1 Å². The molecule has 0 fully saturated rings. The van der Waals surface area contributed by atoms with Gasteiger partial charge in [-0.15, -0.1) is 11.3 Å². The summed E-state index contributed by atoms with van der Waals surface area (Å²) >= 11 is 7.51. The molecule has 0 radical (unpaired) electrons. The Balaban J connectivity index is 1.83. The molecule has 0 aliphatic rings. The van der Waals surface area contributed by atoms with Crippen molar-refractivity contribution in [1.29, 1.82) is 0 Å². The molecule has 0 spiro atoms. The van der Waals surface area contributed by atoms with Crippen LogP contribution in [0, 0.1) is 6.92 Å². The first-order chi connectivity index (χ1) is 10.6. The molecule has 0 atom stereocenters. The van der Waals surface area contributed by atoms with Crippen molar-refractivity contribution >= 4 is 28.8 Å². The number of aryl methyl sites for hydroxylation is 1. The smallest absolute Gasteiger partial charge is 0.234 e. The quantitative estimate of drug-likeness (QED) is 0.833. The number of amides is 1. The van der Waals surface area contributed by atoms with Gasteiger partial charge in [0.05, 0.1) is 10.9 Å². The minimum Gasteiger partial charge on any atom is -0.351 e. The first-order valence-corrected chi connectivity index (χ1v) is 8.55. The average molecular weight is 337 g/mol. The first-order valence-electron chi connectivity index (χ1n) is 7.36. The highest BCUT2D eigenvalue weighted by atomic mass is 35.5. The van der Waals surface area contributed by atoms with Crippen molar-refractivity contribution in [3.8, 4) is 0 Å². The number of thiophene rings is 1. The number of likely N-dealkylation sites (N-methyl/N-ethyl adjacent to an activating group) is 1. The summed E-state index contributed by atoms with van der Waals surface area (Å²) in [4.78, 5) is 15.4. The molecule has 1 aromatic carbocycles. The Morgan fingerprint density at radius 3 is 2.68 bits per heavy atom. The van der Waals surface area contributed by atoms with Crippen molar-refractivity contribution in [2.24, 2.45) is 0 Å². The number of rotatable bonds is 7.